The van der Waals surface area contributed by atoms with Crippen molar-refractivity contribution in [2.45, 2.75) is 12.6 Å². The molecule has 1 unspecified atom stereocenters. The molecule has 1 aliphatic rings. The zero-order chi connectivity index (χ0) is 16.7. The van der Waals surface area contributed by atoms with Crippen molar-refractivity contribution in [3.63, 3.8) is 0 Å². The van der Waals surface area contributed by atoms with Gasteiger partial charge in [-0.2, -0.15) is 21.6 Å². The van der Waals surface area contributed by atoms with Crippen LogP contribution in [-0.2, 0) is 21.2 Å². The molecular formula is C12H10ClF4NO3S. The smallest absolute Gasteiger partial charge is 0.311 e. The molecule has 1 amide bonds. The van der Waals surface area contributed by atoms with E-state index in [1.54, 1.807) is 0 Å². The lowest BCUT2D eigenvalue weighted by Crippen LogP contribution is -2.26. The summed E-state index contributed by atoms with van der Waals surface area (Å²) in [6.45, 7) is -0.205. The second-order valence-electron chi connectivity index (χ2n) is 4.94. The fourth-order valence-corrected chi connectivity index (χ4v) is 3.31. The number of hydrogen-bond donors (Lipinski definition) is 0. The molecule has 0 saturated carbocycles. The van der Waals surface area contributed by atoms with Crippen LogP contribution in [0.2, 0.25) is 5.02 Å². The number of amides is 1. The summed E-state index contributed by atoms with van der Waals surface area (Å²) >= 11 is 5.82. The lowest BCUT2D eigenvalue weighted by Gasteiger charge is -2.19. The zero-order valence-electron chi connectivity index (χ0n) is 10.9. The molecule has 4 nitrogen and oxygen atoms in total. The van der Waals surface area contributed by atoms with Crippen LogP contribution in [0.4, 0.5) is 22.7 Å². The molecule has 1 aromatic carbocycles. The summed E-state index contributed by atoms with van der Waals surface area (Å²) < 4.78 is 72.0. The van der Waals surface area contributed by atoms with Crippen LogP contribution in [-0.4, -0.2) is 26.6 Å². The minimum atomic E-state index is -4.77. The lowest BCUT2D eigenvalue weighted by molar-refractivity contribution is -0.137. The summed E-state index contributed by atoms with van der Waals surface area (Å²) in [4.78, 5) is 12.8. The van der Waals surface area contributed by atoms with Gasteiger partial charge in [-0.25, -0.2) is 0 Å². The summed E-state index contributed by atoms with van der Waals surface area (Å²) in [5.41, 5.74) is -1.15. The average Bonchev–Trinajstić information content (AvgIpc) is 2.66. The molecule has 22 heavy (non-hydrogen) atoms. The highest BCUT2D eigenvalue weighted by Crippen LogP contribution is 2.37. The van der Waals surface area contributed by atoms with E-state index in [0.29, 0.717) is 6.07 Å². The third kappa shape index (κ3) is 3.89. The lowest BCUT2D eigenvalue weighted by atomic mass is 10.1. The van der Waals surface area contributed by atoms with Crippen molar-refractivity contribution in [2.75, 3.05) is 17.2 Å². The molecule has 0 aromatic heterocycles. The first-order valence-corrected chi connectivity index (χ1v) is 8.00. The minimum Gasteiger partial charge on any atom is -0.311 e. The Hall–Kier alpha value is -1.35. The van der Waals surface area contributed by atoms with Gasteiger partial charge in [-0.15, -0.1) is 3.89 Å². The zero-order valence-corrected chi connectivity index (χ0v) is 12.5. The normalized spacial score (nSPS) is 19.8. The Labute approximate surface area is 128 Å². The van der Waals surface area contributed by atoms with Crippen LogP contribution < -0.4 is 4.90 Å². The van der Waals surface area contributed by atoms with Crippen molar-refractivity contribution >= 4 is 33.4 Å². The summed E-state index contributed by atoms with van der Waals surface area (Å²) in [7, 11) is -4.77. The Balaban J connectivity index is 2.30. The van der Waals surface area contributed by atoms with E-state index in [4.69, 9.17) is 11.6 Å². The highest BCUT2D eigenvalue weighted by Gasteiger charge is 2.36. The molecule has 0 radical (unpaired) electrons. The second-order valence-corrected chi connectivity index (χ2v) is 6.76. The Bertz CT molecular complexity index is 705. The predicted octanol–water partition coefficient (Wildman–Crippen LogP) is 3.01. The maximum atomic E-state index is 12.7. The topological polar surface area (TPSA) is 54.5 Å². The number of carbonyl (C=O) groups excluding carboxylic acids is 1. The molecule has 1 fully saturated rings. The van der Waals surface area contributed by atoms with E-state index < -0.39 is 39.5 Å². The van der Waals surface area contributed by atoms with Gasteiger partial charge in [-0.3, -0.25) is 4.79 Å². The van der Waals surface area contributed by atoms with Gasteiger partial charge in [0.15, 0.2) is 0 Å². The van der Waals surface area contributed by atoms with Crippen molar-refractivity contribution < 1.29 is 30.3 Å². The standard InChI is InChI=1S/C12H10ClF4NO3S/c13-9-2-1-8(12(14,15)16)4-10(9)18-5-7(3-11(18)19)6-22(17,20)21/h1-2,4,7H,3,5-6H2. The van der Waals surface area contributed by atoms with E-state index in [9.17, 15) is 30.3 Å². The maximum Gasteiger partial charge on any atom is 0.416 e. The number of halogens is 5. The number of anilines is 1. The molecule has 122 valence electrons. The van der Waals surface area contributed by atoms with Gasteiger partial charge in [-0.05, 0) is 18.2 Å². The van der Waals surface area contributed by atoms with E-state index in [2.05, 4.69) is 0 Å². The molecule has 2 rings (SSSR count). The van der Waals surface area contributed by atoms with Crippen LogP contribution in [0.1, 0.15) is 12.0 Å². The summed E-state index contributed by atoms with van der Waals surface area (Å²) in [6, 6.07) is 2.49. The largest absolute Gasteiger partial charge is 0.416 e. The molecule has 1 saturated heterocycles. The quantitative estimate of drug-likeness (QED) is 0.616. The summed E-state index contributed by atoms with van der Waals surface area (Å²) in [6.07, 6.45) is -4.88. The van der Waals surface area contributed by atoms with Crippen LogP contribution >= 0.6 is 11.6 Å². The number of nitrogens with zero attached hydrogens (tertiary/aromatic N) is 1. The number of rotatable bonds is 3. The van der Waals surface area contributed by atoms with Gasteiger partial charge in [0.25, 0.3) is 0 Å². The molecule has 1 aromatic rings. The molecule has 1 heterocycles. The number of carbonyl (C=O) groups is 1. The first kappa shape index (κ1) is 17.0. The summed E-state index contributed by atoms with van der Waals surface area (Å²) in [5, 5.41) is -0.0786. The first-order chi connectivity index (χ1) is 9.97. The molecule has 10 heteroatoms. The van der Waals surface area contributed by atoms with Crippen molar-refractivity contribution in [1.29, 1.82) is 0 Å². The molecular weight excluding hydrogens is 350 g/mol. The highest BCUT2D eigenvalue weighted by molar-refractivity contribution is 7.86. The third-order valence-electron chi connectivity index (χ3n) is 3.20. The monoisotopic (exact) mass is 359 g/mol. The van der Waals surface area contributed by atoms with Crippen molar-refractivity contribution in [1.82, 2.24) is 0 Å². The number of benzene rings is 1. The van der Waals surface area contributed by atoms with E-state index >= 15 is 0 Å². The van der Waals surface area contributed by atoms with Crippen LogP contribution in [0.15, 0.2) is 18.2 Å². The fourth-order valence-electron chi connectivity index (χ4n) is 2.30. The van der Waals surface area contributed by atoms with Gasteiger partial charge >= 0.3 is 16.4 Å². The van der Waals surface area contributed by atoms with Crippen LogP contribution in [0, 0.1) is 5.92 Å². The number of alkyl halides is 3. The van der Waals surface area contributed by atoms with Gasteiger partial charge in [0.2, 0.25) is 5.91 Å². The van der Waals surface area contributed by atoms with Crippen LogP contribution in [0.5, 0.6) is 0 Å². The van der Waals surface area contributed by atoms with E-state index in [-0.39, 0.29) is 23.7 Å². The highest BCUT2D eigenvalue weighted by atomic mass is 35.5. The molecule has 0 aliphatic carbocycles. The van der Waals surface area contributed by atoms with Gasteiger partial charge < -0.3 is 4.90 Å². The summed E-state index contributed by atoms with van der Waals surface area (Å²) in [5.74, 6) is -2.28. The van der Waals surface area contributed by atoms with E-state index in [1.165, 1.54) is 0 Å². The Kier molecular flexibility index (Phi) is 4.40. The second kappa shape index (κ2) is 5.69. The first-order valence-electron chi connectivity index (χ1n) is 6.07. The number of hydrogen-bond acceptors (Lipinski definition) is 3. The van der Waals surface area contributed by atoms with Crippen LogP contribution in [0.3, 0.4) is 0 Å². The molecule has 0 bridgehead atoms. The predicted molar refractivity (Wildman–Crippen MR) is 71.8 cm³/mol. The Morgan fingerprint density at radius 3 is 2.50 bits per heavy atom. The van der Waals surface area contributed by atoms with Gasteiger partial charge in [0.05, 0.1) is 22.0 Å². The fraction of sp³-hybridized carbons (Fsp3) is 0.417. The van der Waals surface area contributed by atoms with E-state index in [1.807, 2.05) is 0 Å². The average molecular weight is 360 g/mol. The Morgan fingerprint density at radius 1 is 1.32 bits per heavy atom. The van der Waals surface area contributed by atoms with Gasteiger partial charge in [0.1, 0.15) is 0 Å². The van der Waals surface area contributed by atoms with Crippen molar-refractivity contribution in [2.24, 2.45) is 5.92 Å². The van der Waals surface area contributed by atoms with Gasteiger partial charge in [-0.1, -0.05) is 11.6 Å². The minimum absolute atomic E-state index is 0.0786. The molecule has 1 atom stereocenters. The Morgan fingerprint density at radius 2 is 1.95 bits per heavy atom. The van der Waals surface area contributed by atoms with Gasteiger partial charge in [0, 0.05) is 18.9 Å². The maximum absolute atomic E-state index is 12.7. The molecule has 0 spiro atoms. The molecule has 1 aliphatic heterocycles. The van der Waals surface area contributed by atoms with Crippen molar-refractivity contribution in [3.8, 4) is 0 Å². The van der Waals surface area contributed by atoms with Crippen LogP contribution in [0.25, 0.3) is 0 Å². The van der Waals surface area contributed by atoms with Crippen molar-refractivity contribution in [3.05, 3.63) is 28.8 Å². The van der Waals surface area contributed by atoms with E-state index in [0.717, 1.165) is 17.0 Å². The molecule has 0 N–H and O–H groups in total. The SMILES string of the molecule is O=C1CC(CS(=O)(=O)F)CN1c1cc(C(F)(F)F)ccc1Cl. The third-order valence-corrected chi connectivity index (χ3v) is 4.39.